The summed E-state index contributed by atoms with van der Waals surface area (Å²) >= 11 is 0. The average Bonchev–Trinajstić information content (AvgIpc) is 1.65. The van der Waals surface area contributed by atoms with Gasteiger partial charge in [0.1, 0.15) is 0 Å². The number of rotatable bonds is 2. The molecule has 0 aromatic rings. The number of hydrogen-bond acceptors (Lipinski definition) is 1. The van der Waals surface area contributed by atoms with Gasteiger partial charge in [0, 0.05) is 0 Å². The highest BCUT2D eigenvalue weighted by molar-refractivity contribution is 5.65. The van der Waals surface area contributed by atoms with Crippen molar-refractivity contribution in [1.82, 2.24) is 0 Å². The van der Waals surface area contributed by atoms with Crippen molar-refractivity contribution in [3.05, 3.63) is 6.92 Å². The second-order valence-corrected chi connectivity index (χ2v) is 2.78. The Hall–Kier alpha value is -0.370. The van der Waals surface area contributed by atoms with Gasteiger partial charge in [0.2, 0.25) is 0 Å². The van der Waals surface area contributed by atoms with E-state index in [1.807, 2.05) is 14.1 Å². The fourth-order valence-electron chi connectivity index (χ4n) is 0.553. The van der Waals surface area contributed by atoms with Crippen LogP contribution in [0.3, 0.4) is 0 Å². The van der Waals surface area contributed by atoms with Crippen molar-refractivity contribution < 1.29 is 9.28 Å². The third kappa shape index (κ3) is 2.61. The lowest BCUT2D eigenvalue weighted by molar-refractivity contribution is -0.812. The Morgan fingerprint density at radius 3 is 2.11 bits per heavy atom. The molecule has 0 spiro atoms. The minimum absolute atomic E-state index is 0.193. The first-order valence-corrected chi connectivity index (χ1v) is 3.14. The maximum atomic E-state index is 10.8. The van der Waals surface area contributed by atoms with E-state index in [2.05, 4.69) is 6.92 Å². The second-order valence-electron chi connectivity index (χ2n) is 2.78. The number of nitrogens with zero attached hydrogens (tertiary/aromatic N) is 1. The molecule has 0 rings (SSSR count). The summed E-state index contributed by atoms with van der Waals surface area (Å²) in [5, 5.41) is 0. The van der Waals surface area contributed by atoms with Gasteiger partial charge in [-0.2, -0.15) is 0 Å². The van der Waals surface area contributed by atoms with Crippen molar-refractivity contribution >= 4 is 5.91 Å². The summed E-state index contributed by atoms with van der Waals surface area (Å²) in [6.07, 6.45) is 0.812. The Bertz CT molecular complexity index is 107. The zero-order chi connectivity index (χ0) is 7.49. The molecule has 2 nitrogen and oxygen atoms in total. The monoisotopic (exact) mass is 129 g/mol. The van der Waals surface area contributed by atoms with Crippen molar-refractivity contribution in [2.24, 2.45) is 0 Å². The van der Waals surface area contributed by atoms with Crippen LogP contribution in [0.1, 0.15) is 13.3 Å². The minimum atomic E-state index is 0.193. The third-order valence-electron chi connectivity index (χ3n) is 1.57. The highest BCUT2D eigenvalue weighted by Gasteiger charge is 2.18. The molecule has 0 aliphatic rings. The molecular formula is C7H15NO+. The number of carbonyl (C=O) groups excluding carboxylic acids is 1. The molecule has 0 fully saturated rings. The van der Waals surface area contributed by atoms with Crippen LogP contribution in [0.5, 0.6) is 0 Å². The lowest BCUT2D eigenvalue weighted by Gasteiger charge is -2.24. The molecule has 0 aliphatic heterocycles. The highest BCUT2D eigenvalue weighted by atomic mass is 16.2. The van der Waals surface area contributed by atoms with Gasteiger partial charge in [-0.15, -0.1) is 0 Å². The molecule has 1 amide bonds. The summed E-state index contributed by atoms with van der Waals surface area (Å²) in [6, 6.07) is 0. The third-order valence-corrected chi connectivity index (χ3v) is 1.57. The van der Waals surface area contributed by atoms with E-state index >= 15 is 0 Å². The first-order chi connectivity index (χ1) is 4.00. The van der Waals surface area contributed by atoms with Crippen molar-refractivity contribution in [2.45, 2.75) is 13.3 Å². The summed E-state index contributed by atoms with van der Waals surface area (Å²) in [7, 11) is 3.79. The van der Waals surface area contributed by atoms with Gasteiger partial charge < -0.3 is 0 Å². The van der Waals surface area contributed by atoms with Gasteiger partial charge in [-0.3, -0.25) is 4.48 Å². The Morgan fingerprint density at radius 2 is 2.00 bits per heavy atom. The fraction of sp³-hybridized carbons (Fsp3) is 0.714. The van der Waals surface area contributed by atoms with Crippen molar-refractivity contribution in [3.63, 3.8) is 0 Å². The van der Waals surface area contributed by atoms with Crippen LogP contribution in [0.2, 0.25) is 0 Å². The van der Waals surface area contributed by atoms with E-state index < -0.39 is 0 Å². The standard InChI is InChI=1S/C7H15NO/c1-5-6-8(3,4)7(2)9/h1,5-6H2,2-4H3/q+1. The first kappa shape index (κ1) is 8.63. The van der Waals surface area contributed by atoms with E-state index in [-0.39, 0.29) is 5.91 Å². The second kappa shape index (κ2) is 2.97. The Balaban J connectivity index is 3.85. The van der Waals surface area contributed by atoms with E-state index in [0.717, 1.165) is 13.0 Å². The molecule has 0 aliphatic carbocycles. The van der Waals surface area contributed by atoms with Crippen LogP contribution in [0.15, 0.2) is 0 Å². The first-order valence-electron chi connectivity index (χ1n) is 3.14. The quantitative estimate of drug-likeness (QED) is 0.505. The smallest absolute Gasteiger partial charge is 0.266 e. The predicted octanol–water partition coefficient (Wildman–Crippen LogP) is 0.833. The van der Waals surface area contributed by atoms with Crippen molar-refractivity contribution in [1.29, 1.82) is 0 Å². The number of amides is 1. The molecule has 0 heterocycles. The lowest BCUT2D eigenvalue weighted by Crippen LogP contribution is -2.44. The molecule has 0 aromatic heterocycles. The SMILES string of the molecule is [CH2]CC[N+](C)(C)C(C)=O. The lowest BCUT2D eigenvalue weighted by atomic mass is 10.4. The van der Waals surface area contributed by atoms with Crippen LogP contribution in [-0.4, -0.2) is 31.0 Å². The summed E-state index contributed by atoms with van der Waals surface area (Å²) in [5.41, 5.74) is 0. The van der Waals surface area contributed by atoms with Crippen molar-refractivity contribution in [2.75, 3.05) is 20.6 Å². The van der Waals surface area contributed by atoms with Gasteiger partial charge in [-0.25, -0.2) is 4.79 Å². The van der Waals surface area contributed by atoms with Crippen molar-refractivity contribution in [3.8, 4) is 0 Å². The van der Waals surface area contributed by atoms with Gasteiger partial charge >= 0.3 is 5.91 Å². The summed E-state index contributed by atoms with van der Waals surface area (Å²) < 4.78 is 0.448. The molecule has 0 unspecified atom stereocenters. The van der Waals surface area contributed by atoms with Crippen LogP contribution in [0.4, 0.5) is 0 Å². The van der Waals surface area contributed by atoms with Gasteiger partial charge in [-0.05, 0) is 13.3 Å². The molecule has 53 valence electrons. The molecule has 0 saturated carbocycles. The van der Waals surface area contributed by atoms with Gasteiger partial charge in [0.15, 0.2) is 0 Å². The molecular weight excluding hydrogens is 114 g/mol. The Morgan fingerprint density at radius 1 is 1.56 bits per heavy atom. The van der Waals surface area contributed by atoms with Gasteiger partial charge in [0.25, 0.3) is 0 Å². The summed E-state index contributed by atoms with van der Waals surface area (Å²) in [6.45, 7) is 6.12. The van der Waals surface area contributed by atoms with Crippen LogP contribution in [0.25, 0.3) is 0 Å². The topological polar surface area (TPSA) is 17.1 Å². The maximum Gasteiger partial charge on any atom is 0.310 e. The Labute approximate surface area is 57.1 Å². The normalized spacial score (nSPS) is 11.6. The van der Waals surface area contributed by atoms with E-state index in [1.54, 1.807) is 6.92 Å². The molecule has 2 heteroatoms. The van der Waals surface area contributed by atoms with E-state index in [0.29, 0.717) is 4.48 Å². The zero-order valence-electron chi connectivity index (χ0n) is 6.48. The van der Waals surface area contributed by atoms with E-state index in [4.69, 9.17) is 0 Å². The Kier molecular flexibility index (Phi) is 2.85. The fourth-order valence-corrected chi connectivity index (χ4v) is 0.553. The molecule has 0 aromatic carbocycles. The molecule has 0 N–H and O–H groups in total. The van der Waals surface area contributed by atoms with Crippen LogP contribution in [0, 0.1) is 6.92 Å². The molecule has 9 heavy (non-hydrogen) atoms. The molecule has 0 bridgehead atoms. The maximum absolute atomic E-state index is 10.8. The van der Waals surface area contributed by atoms with Gasteiger partial charge in [-0.1, -0.05) is 0 Å². The van der Waals surface area contributed by atoms with E-state index in [9.17, 15) is 4.79 Å². The highest BCUT2D eigenvalue weighted by Crippen LogP contribution is 1.98. The summed E-state index contributed by atoms with van der Waals surface area (Å²) in [4.78, 5) is 10.8. The number of quaternary nitrogens is 1. The average molecular weight is 129 g/mol. The van der Waals surface area contributed by atoms with E-state index in [1.165, 1.54) is 0 Å². The minimum Gasteiger partial charge on any atom is -0.266 e. The molecule has 1 radical (unpaired) electrons. The van der Waals surface area contributed by atoms with Crippen LogP contribution in [-0.2, 0) is 4.79 Å². The largest absolute Gasteiger partial charge is 0.310 e. The number of hydrogen-bond donors (Lipinski definition) is 0. The number of carbonyl (C=O) groups is 1. The predicted molar refractivity (Wildman–Crippen MR) is 37.6 cm³/mol. The zero-order valence-corrected chi connectivity index (χ0v) is 6.48. The molecule has 0 saturated heterocycles. The van der Waals surface area contributed by atoms with Crippen LogP contribution >= 0.6 is 0 Å². The molecule has 0 atom stereocenters. The van der Waals surface area contributed by atoms with Crippen LogP contribution < -0.4 is 0 Å². The summed E-state index contributed by atoms with van der Waals surface area (Å²) in [5.74, 6) is 0.193. The van der Waals surface area contributed by atoms with Gasteiger partial charge in [0.05, 0.1) is 27.6 Å².